The van der Waals surface area contributed by atoms with Gasteiger partial charge < -0.3 is 14.2 Å². The zero-order valence-electron chi connectivity index (χ0n) is 29.2. The molecular formula is C38H51N7O3S. The molecule has 0 bridgehead atoms. The van der Waals surface area contributed by atoms with E-state index in [1.165, 1.54) is 81.9 Å². The van der Waals surface area contributed by atoms with Crippen molar-refractivity contribution in [3.05, 3.63) is 65.5 Å². The Morgan fingerprint density at radius 1 is 0.878 bits per heavy atom. The second-order valence-corrected chi connectivity index (χ2v) is 13.4. The minimum Gasteiger partial charge on any atom is -0.497 e. The van der Waals surface area contributed by atoms with Gasteiger partial charge in [-0.1, -0.05) is 119 Å². The maximum Gasteiger partial charge on any atom is 0.212 e. The highest BCUT2D eigenvalue weighted by Crippen LogP contribution is 2.34. The van der Waals surface area contributed by atoms with E-state index in [2.05, 4.69) is 44.7 Å². The van der Waals surface area contributed by atoms with E-state index in [4.69, 9.17) is 19.2 Å². The van der Waals surface area contributed by atoms with E-state index >= 15 is 0 Å². The number of hydrogen-bond acceptors (Lipinski definition) is 9. The molecule has 0 aliphatic heterocycles. The summed E-state index contributed by atoms with van der Waals surface area (Å²) in [5.74, 6) is 2.13. The van der Waals surface area contributed by atoms with Crippen LogP contribution in [0, 0.1) is 0 Å². The lowest BCUT2D eigenvalue weighted by molar-refractivity contribution is 0.136. The molecule has 0 amide bonds. The first-order valence-corrected chi connectivity index (χ1v) is 18.6. The Balaban J connectivity index is 1.07. The number of aryl methyl sites for hydroxylation is 1. The van der Waals surface area contributed by atoms with Crippen molar-refractivity contribution < 1.29 is 14.2 Å². The van der Waals surface area contributed by atoms with E-state index < -0.39 is 0 Å². The highest BCUT2D eigenvalue weighted by Gasteiger charge is 2.14. The van der Waals surface area contributed by atoms with Gasteiger partial charge in [0.1, 0.15) is 12.5 Å². The summed E-state index contributed by atoms with van der Waals surface area (Å²) in [6, 6.07) is 19.8. The minimum absolute atomic E-state index is 0.231. The molecule has 0 aliphatic rings. The van der Waals surface area contributed by atoms with Crippen molar-refractivity contribution >= 4 is 28.5 Å². The Morgan fingerprint density at radius 3 is 2.27 bits per heavy atom. The summed E-state index contributed by atoms with van der Waals surface area (Å²) in [4.78, 5) is 10.7. The molecule has 0 saturated carbocycles. The number of aromatic nitrogens is 5. The number of methoxy groups -OCH3 is 1. The highest BCUT2D eigenvalue weighted by molar-refractivity contribution is 7.15. The SMILES string of the molecule is CCCCCCCCCCCCCCc1sc(/N=C\OC(C)NCOc2cc3nnc(-c4ccccc4)n3[nH]2)nc1-c1ccc(OC)cc1. The number of aromatic amines is 1. The normalized spacial score (nSPS) is 12.2. The van der Waals surface area contributed by atoms with Crippen LogP contribution in [0.15, 0.2) is 65.7 Å². The fraction of sp³-hybridized carbons (Fsp3) is 0.474. The van der Waals surface area contributed by atoms with Crippen LogP contribution < -0.4 is 14.8 Å². The molecule has 3 heterocycles. The fourth-order valence-electron chi connectivity index (χ4n) is 5.72. The lowest BCUT2D eigenvalue weighted by Gasteiger charge is -2.12. The molecule has 3 aromatic heterocycles. The molecule has 0 saturated heterocycles. The summed E-state index contributed by atoms with van der Waals surface area (Å²) in [5, 5.41) is 15.6. The van der Waals surface area contributed by atoms with Crippen LogP contribution >= 0.6 is 11.3 Å². The number of benzene rings is 2. The summed E-state index contributed by atoms with van der Waals surface area (Å²) < 4.78 is 18.8. The van der Waals surface area contributed by atoms with Crippen molar-refractivity contribution in [1.29, 1.82) is 0 Å². The lowest BCUT2D eigenvalue weighted by atomic mass is 10.0. The topological polar surface area (TPSA) is 111 Å². The number of nitrogens with one attached hydrogen (secondary N) is 2. The number of rotatable bonds is 23. The molecule has 10 nitrogen and oxygen atoms in total. The predicted molar refractivity (Wildman–Crippen MR) is 199 cm³/mol. The van der Waals surface area contributed by atoms with Crippen LogP contribution in [0.2, 0.25) is 0 Å². The van der Waals surface area contributed by atoms with E-state index in [9.17, 15) is 0 Å². The summed E-state index contributed by atoms with van der Waals surface area (Å²) >= 11 is 1.63. The maximum atomic E-state index is 5.86. The van der Waals surface area contributed by atoms with Gasteiger partial charge in [0, 0.05) is 22.1 Å². The average molecular weight is 686 g/mol. The van der Waals surface area contributed by atoms with Gasteiger partial charge in [0.25, 0.3) is 0 Å². The van der Waals surface area contributed by atoms with Crippen molar-refractivity contribution in [2.45, 2.75) is 104 Å². The number of unbranched alkanes of at least 4 members (excludes halogenated alkanes) is 11. The monoisotopic (exact) mass is 685 g/mol. The third-order valence-corrected chi connectivity index (χ3v) is 9.56. The van der Waals surface area contributed by atoms with Gasteiger partial charge in [0.15, 0.2) is 24.1 Å². The lowest BCUT2D eigenvalue weighted by Crippen LogP contribution is -2.31. The second-order valence-electron chi connectivity index (χ2n) is 12.3. The van der Waals surface area contributed by atoms with E-state index in [-0.39, 0.29) is 13.0 Å². The van der Waals surface area contributed by atoms with Crippen LogP contribution in [0.1, 0.15) is 95.8 Å². The molecule has 1 atom stereocenters. The zero-order chi connectivity index (χ0) is 34.1. The van der Waals surface area contributed by atoms with Gasteiger partial charge in [-0.3, -0.25) is 5.10 Å². The molecule has 49 heavy (non-hydrogen) atoms. The van der Waals surface area contributed by atoms with Gasteiger partial charge in [-0.05, 0) is 44.0 Å². The Labute approximate surface area is 294 Å². The average Bonchev–Trinajstić information content (AvgIpc) is 3.84. The number of ether oxygens (including phenoxy) is 3. The fourth-order valence-corrected chi connectivity index (χ4v) is 6.68. The Kier molecular flexibility index (Phi) is 14.5. The number of fused-ring (bicyclic) bond motifs is 1. The van der Waals surface area contributed by atoms with Gasteiger partial charge in [0.2, 0.25) is 11.0 Å². The van der Waals surface area contributed by atoms with Gasteiger partial charge in [-0.2, -0.15) is 4.99 Å². The third-order valence-electron chi connectivity index (χ3n) is 8.54. The molecule has 0 fully saturated rings. The second kappa shape index (κ2) is 19.7. The quantitative estimate of drug-likeness (QED) is 0.0305. The molecule has 2 N–H and O–H groups in total. The summed E-state index contributed by atoms with van der Waals surface area (Å²) in [5.41, 5.74) is 3.71. The number of nitrogens with zero attached hydrogens (tertiary/aromatic N) is 5. The molecule has 0 aliphatic carbocycles. The molecule has 0 radical (unpaired) electrons. The van der Waals surface area contributed by atoms with Gasteiger partial charge in [0.05, 0.1) is 12.8 Å². The van der Waals surface area contributed by atoms with Gasteiger partial charge in [-0.15, -0.1) is 10.2 Å². The number of H-pyrrole nitrogens is 1. The number of aliphatic imine (C=N–C) groups is 1. The molecule has 262 valence electrons. The molecule has 5 rings (SSSR count). The Hall–Kier alpha value is -4.22. The Bertz CT molecular complexity index is 1680. The minimum atomic E-state index is -0.328. The van der Waals surface area contributed by atoms with Crippen molar-refractivity contribution in [2.75, 3.05) is 13.8 Å². The smallest absolute Gasteiger partial charge is 0.212 e. The molecule has 11 heteroatoms. The van der Waals surface area contributed by atoms with Crippen molar-refractivity contribution in [1.82, 2.24) is 30.1 Å². The highest BCUT2D eigenvalue weighted by atomic mass is 32.1. The van der Waals surface area contributed by atoms with E-state index in [0.717, 1.165) is 41.2 Å². The molecule has 2 aromatic carbocycles. The van der Waals surface area contributed by atoms with Crippen LogP contribution in [0.5, 0.6) is 11.6 Å². The summed E-state index contributed by atoms with van der Waals surface area (Å²) in [6.45, 7) is 4.41. The first-order chi connectivity index (χ1) is 24.1. The molecule has 1 unspecified atom stereocenters. The van der Waals surface area contributed by atoms with E-state index in [1.807, 2.05) is 55.5 Å². The first kappa shape index (κ1) is 36.1. The first-order valence-electron chi connectivity index (χ1n) is 17.8. The van der Waals surface area contributed by atoms with Crippen LogP contribution in [0.4, 0.5) is 5.13 Å². The van der Waals surface area contributed by atoms with E-state index in [0.29, 0.717) is 16.7 Å². The predicted octanol–water partition coefficient (Wildman–Crippen LogP) is 9.75. The molecular weight excluding hydrogens is 635 g/mol. The van der Waals surface area contributed by atoms with Crippen molar-refractivity contribution in [3.8, 4) is 34.3 Å². The van der Waals surface area contributed by atoms with Crippen molar-refractivity contribution in [2.24, 2.45) is 4.99 Å². The van der Waals surface area contributed by atoms with Crippen molar-refractivity contribution in [3.63, 3.8) is 0 Å². The molecule has 0 spiro atoms. The Morgan fingerprint density at radius 2 is 1.57 bits per heavy atom. The third kappa shape index (κ3) is 11.2. The maximum absolute atomic E-state index is 5.86. The van der Waals surface area contributed by atoms with Crippen LogP contribution in [0.25, 0.3) is 28.3 Å². The van der Waals surface area contributed by atoms with E-state index in [1.54, 1.807) is 23.0 Å². The van der Waals surface area contributed by atoms with Gasteiger partial charge in [-0.25, -0.2) is 14.8 Å². The largest absolute Gasteiger partial charge is 0.497 e. The standard InChI is InChI=1S/C38H51N7O3S/c1-4-5-6-7-8-9-10-11-12-13-14-18-21-33-36(30-22-24-32(46-3)25-23-30)41-38(49-33)40-28-47-29(2)39-27-48-35-26-34-42-43-37(45(34)44-35)31-19-16-15-17-20-31/h15-17,19-20,22-26,28-29,39,44H,4-14,18,21,27H2,1-3H3/b40-28-. The number of thiazole rings is 1. The van der Waals surface area contributed by atoms with Crippen LogP contribution in [0.3, 0.4) is 0 Å². The number of hydrogen-bond donors (Lipinski definition) is 2. The van der Waals surface area contributed by atoms with Gasteiger partial charge >= 0.3 is 0 Å². The van der Waals surface area contributed by atoms with Crippen LogP contribution in [-0.4, -0.2) is 51.3 Å². The zero-order valence-corrected chi connectivity index (χ0v) is 30.0. The van der Waals surface area contributed by atoms with Crippen LogP contribution in [-0.2, 0) is 11.2 Å². The summed E-state index contributed by atoms with van der Waals surface area (Å²) in [6.07, 6.45) is 18.2. The summed E-state index contributed by atoms with van der Waals surface area (Å²) in [7, 11) is 1.68. The molecule has 5 aromatic rings.